The van der Waals surface area contributed by atoms with Crippen molar-refractivity contribution < 1.29 is 0 Å². The minimum Gasteiger partial charge on any atom is -0.314 e. The Morgan fingerprint density at radius 2 is 1.94 bits per heavy atom. The van der Waals surface area contributed by atoms with Gasteiger partial charge in [-0.05, 0) is 32.6 Å². The summed E-state index contributed by atoms with van der Waals surface area (Å²) < 4.78 is 2.36. The molecule has 4 heteroatoms. The molecule has 0 saturated heterocycles. The van der Waals surface area contributed by atoms with E-state index in [2.05, 4.69) is 27.0 Å². The van der Waals surface area contributed by atoms with Crippen LogP contribution in [0.25, 0.3) is 0 Å². The maximum Gasteiger partial charge on any atom is 0.149 e. The standard InChI is InChI=1S/C14H24N4/c1-11(15-12-7-4-5-8-12)14-17-16-13-9-3-2-6-10-18(13)14/h11-12,15H,2-10H2,1H3. The van der Waals surface area contributed by atoms with E-state index in [4.69, 9.17) is 0 Å². The Morgan fingerprint density at radius 3 is 2.78 bits per heavy atom. The zero-order chi connectivity index (χ0) is 12.4. The maximum atomic E-state index is 4.43. The summed E-state index contributed by atoms with van der Waals surface area (Å²) in [7, 11) is 0. The van der Waals surface area contributed by atoms with Gasteiger partial charge in [-0.15, -0.1) is 10.2 Å². The van der Waals surface area contributed by atoms with E-state index in [1.807, 2.05) is 0 Å². The maximum absolute atomic E-state index is 4.43. The van der Waals surface area contributed by atoms with Gasteiger partial charge in [0.1, 0.15) is 11.6 Å². The van der Waals surface area contributed by atoms with Gasteiger partial charge in [-0.2, -0.15) is 0 Å². The quantitative estimate of drug-likeness (QED) is 0.894. The number of aromatic nitrogens is 3. The highest BCUT2D eigenvalue weighted by molar-refractivity contribution is 5.02. The second-order valence-corrected chi connectivity index (χ2v) is 5.81. The molecule has 0 radical (unpaired) electrons. The zero-order valence-corrected chi connectivity index (χ0v) is 11.4. The van der Waals surface area contributed by atoms with Crippen molar-refractivity contribution in [2.24, 2.45) is 0 Å². The Bertz CT molecular complexity index is 392. The molecule has 1 aromatic rings. The minimum atomic E-state index is 0.340. The van der Waals surface area contributed by atoms with Gasteiger partial charge in [0.05, 0.1) is 6.04 Å². The SMILES string of the molecule is CC(NC1CCCC1)c1nnc2n1CCCCC2. The van der Waals surface area contributed by atoms with Gasteiger partial charge in [0.2, 0.25) is 0 Å². The van der Waals surface area contributed by atoms with Crippen molar-refractivity contribution in [1.82, 2.24) is 20.1 Å². The molecule has 18 heavy (non-hydrogen) atoms. The molecule has 0 bridgehead atoms. The van der Waals surface area contributed by atoms with Crippen molar-refractivity contribution in [2.75, 3.05) is 0 Å². The summed E-state index contributed by atoms with van der Waals surface area (Å²) in [4.78, 5) is 0. The van der Waals surface area contributed by atoms with Gasteiger partial charge >= 0.3 is 0 Å². The first-order valence-electron chi connectivity index (χ1n) is 7.52. The first kappa shape index (κ1) is 12.2. The molecular weight excluding hydrogens is 224 g/mol. The highest BCUT2D eigenvalue weighted by Crippen LogP contribution is 2.23. The van der Waals surface area contributed by atoms with Crippen LogP contribution in [0, 0.1) is 0 Å². The van der Waals surface area contributed by atoms with Gasteiger partial charge in [0, 0.05) is 19.0 Å². The number of hydrogen-bond acceptors (Lipinski definition) is 3. The normalized spacial score (nSPS) is 22.7. The zero-order valence-electron chi connectivity index (χ0n) is 11.4. The molecule has 1 aliphatic carbocycles. The van der Waals surface area contributed by atoms with Crippen molar-refractivity contribution >= 4 is 0 Å². The fourth-order valence-electron chi connectivity index (χ4n) is 3.35. The van der Waals surface area contributed by atoms with Crippen molar-refractivity contribution in [1.29, 1.82) is 0 Å². The molecule has 1 atom stereocenters. The third kappa shape index (κ3) is 2.44. The van der Waals surface area contributed by atoms with E-state index in [1.54, 1.807) is 0 Å². The second kappa shape index (κ2) is 5.39. The van der Waals surface area contributed by atoms with E-state index in [1.165, 1.54) is 50.8 Å². The van der Waals surface area contributed by atoms with Gasteiger partial charge < -0.3 is 9.88 Å². The molecule has 1 saturated carbocycles. The molecule has 2 aliphatic rings. The molecule has 0 spiro atoms. The minimum absolute atomic E-state index is 0.340. The van der Waals surface area contributed by atoms with Gasteiger partial charge in [-0.1, -0.05) is 19.3 Å². The lowest BCUT2D eigenvalue weighted by Crippen LogP contribution is -2.30. The van der Waals surface area contributed by atoms with Crippen LogP contribution < -0.4 is 5.32 Å². The average molecular weight is 248 g/mol. The van der Waals surface area contributed by atoms with E-state index in [0.29, 0.717) is 12.1 Å². The highest BCUT2D eigenvalue weighted by atomic mass is 15.3. The highest BCUT2D eigenvalue weighted by Gasteiger charge is 2.22. The van der Waals surface area contributed by atoms with Crippen LogP contribution in [0.3, 0.4) is 0 Å². The fraction of sp³-hybridized carbons (Fsp3) is 0.857. The van der Waals surface area contributed by atoms with Gasteiger partial charge in [0.15, 0.2) is 0 Å². The van der Waals surface area contributed by atoms with Crippen LogP contribution in [-0.2, 0) is 13.0 Å². The molecule has 4 nitrogen and oxygen atoms in total. The summed E-state index contributed by atoms with van der Waals surface area (Å²) in [6.07, 6.45) is 10.4. The molecule has 1 fully saturated rings. The van der Waals surface area contributed by atoms with Gasteiger partial charge in [-0.25, -0.2) is 0 Å². The van der Waals surface area contributed by atoms with Crippen LogP contribution in [0.5, 0.6) is 0 Å². The Balaban J connectivity index is 1.72. The molecule has 0 aromatic carbocycles. The van der Waals surface area contributed by atoms with Crippen LogP contribution in [0.1, 0.15) is 69.6 Å². The molecule has 1 N–H and O–H groups in total. The second-order valence-electron chi connectivity index (χ2n) is 5.81. The number of nitrogens with one attached hydrogen (secondary N) is 1. The van der Waals surface area contributed by atoms with Crippen molar-refractivity contribution in [2.45, 2.75) is 76.9 Å². The van der Waals surface area contributed by atoms with Crippen LogP contribution in [0.4, 0.5) is 0 Å². The Morgan fingerprint density at radius 1 is 1.11 bits per heavy atom. The summed E-state index contributed by atoms with van der Waals surface area (Å²) >= 11 is 0. The number of hydrogen-bond donors (Lipinski definition) is 1. The number of nitrogens with zero attached hydrogens (tertiary/aromatic N) is 3. The van der Waals surface area contributed by atoms with Crippen LogP contribution in [0.2, 0.25) is 0 Å². The van der Waals surface area contributed by atoms with Crippen LogP contribution >= 0.6 is 0 Å². The van der Waals surface area contributed by atoms with E-state index in [9.17, 15) is 0 Å². The third-order valence-electron chi connectivity index (χ3n) is 4.37. The monoisotopic (exact) mass is 248 g/mol. The van der Waals surface area contributed by atoms with Gasteiger partial charge in [-0.3, -0.25) is 0 Å². The van der Waals surface area contributed by atoms with Crippen LogP contribution in [0.15, 0.2) is 0 Å². The smallest absolute Gasteiger partial charge is 0.149 e. The summed E-state index contributed by atoms with van der Waals surface area (Å²) in [6, 6.07) is 1.03. The Labute approximate surface area is 109 Å². The molecule has 2 heterocycles. The Kier molecular flexibility index (Phi) is 3.64. The van der Waals surface area contributed by atoms with E-state index >= 15 is 0 Å². The lowest BCUT2D eigenvalue weighted by Gasteiger charge is -2.19. The number of aryl methyl sites for hydroxylation is 1. The summed E-state index contributed by atoms with van der Waals surface area (Å²) in [5, 5.41) is 12.5. The number of rotatable bonds is 3. The summed E-state index contributed by atoms with van der Waals surface area (Å²) in [5.74, 6) is 2.35. The molecule has 0 amide bonds. The predicted octanol–water partition coefficient (Wildman–Crippen LogP) is 2.60. The molecule has 100 valence electrons. The molecule has 1 aliphatic heterocycles. The van der Waals surface area contributed by atoms with Crippen molar-refractivity contribution in [3.8, 4) is 0 Å². The Hall–Kier alpha value is -0.900. The van der Waals surface area contributed by atoms with Crippen molar-refractivity contribution in [3.05, 3.63) is 11.6 Å². The molecular formula is C14H24N4. The fourth-order valence-corrected chi connectivity index (χ4v) is 3.35. The molecule has 3 rings (SSSR count). The predicted molar refractivity (Wildman–Crippen MR) is 71.4 cm³/mol. The van der Waals surface area contributed by atoms with Crippen LogP contribution in [-0.4, -0.2) is 20.8 Å². The third-order valence-corrected chi connectivity index (χ3v) is 4.37. The van der Waals surface area contributed by atoms with E-state index in [-0.39, 0.29) is 0 Å². The molecule has 1 aromatic heterocycles. The lowest BCUT2D eigenvalue weighted by atomic mass is 10.2. The van der Waals surface area contributed by atoms with Gasteiger partial charge in [0.25, 0.3) is 0 Å². The summed E-state index contributed by atoms with van der Waals surface area (Å²) in [6.45, 7) is 3.34. The number of fused-ring (bicyclic) bond motifs is 1. The molecule has 1 unspecified atom stereocenters. The van der Waals surface area contributed by atoms with Crippen molar-refractivity contribution in [3.63, 3.8) is 0 Å². The first-order valence-corrected chi connectivity index (χ1v) is 7.52. The van der Waals surface area contributed by atoms with E-state index in [0.717, 1.165) is 18.8 Å². The largest absolute Gasteiger partial charge is 0.314 e. The first-order chi connectivity index (χ1) is 8.84. The average Bonchev–Trinajstić information content (AvgIpc) is 2.95. The topological polar surface area (TPSA) is 42.7 Å². The van der Waals surface area contributed by atoms with E-state index < -0.39 is 0 Å². The summed E-state index contributed by atoms with van der Waals surface area (Å²) in [5.41, 5.74) is 0. The lowest BCUT2D eigenvalue weighted by molar-refractivity contribution is 0.430.